The molecule has 0 saturated carbocycles. The van der Waals surface area contributed by atoms with E-state index in [4.69, 9.17) is 10.8 Å². The van der Waals surface area contributed by atoms with Gasteiger partial charge in [0.05, 0.1) is 6.04 Å². The highest BCUT2D eigenvalue weighted by molar-refractivity contribution is 5.81. The molecule has 0 aliphatic rings. The van der Waals surface area contributed by atoms with E-state index in [-0.39, 0.29) is 12.5 Å². The summed E-state index contributed by atoms with van der Waals surface area (Å²) in [6.07, 6.45) is 3.12. The first kappa shape index (κ1) is 16.7. The number of rotatable bonds is 9. The molecule has 2 unspecified atom stereocenters. The Bertz CT molecular complexity index is 381. The van der Waals surface area contributed by atoms with Crippen molar-refractivity contribution >= 4 is 5.91 Å². The SMILES string of the molecule is CCC(CCO)CNC(=O)C(N)CCc1ccccc1. The molecule has 0 bridgehead atoms. The number of nitrogens with one attached hydrogen (secondary N) is 1. The summed E-state index contributed by atoms with van der Waals surface area (Å²) >= 11 is 0. The number of benzene rings is 1. The van der Waals surface area contributed by atoms with Crippen LogP contribution in [0.4, 0.5) is 0 Å². The first-order chi connectivity index (χ1) is 9.67. The maximum atomic E-state index is 11.9. The van der Waals surface area contributed by atoms with E-state index in [2.05, 4.69) is 12.2 Å². The van der Waals surface area contributed by atoms with Crippen LogP contribution in [0.1, 0.15) is 31.7 Å². The van der Waals surface area contributed by atoms with Crippen molar-refractivity contribution in [2.24, 2.45) is 11.7 Å². The van der Waals surface area contributed by atoms with E-state index in [1.165, 1.54) is 5.56 Å². The largest absolute Gasteiger partial charge is 0.396 e. The molecule has 0 aliphatic heterocycles. The second kappa shape index (κ2) is 9.50. The Hall–Kier alpha value is -1.39. The van der Waals surface area contributed by atoms with Crippen LogP contribution in [-0.4, -0.2) is 30.2 Å². The molecule has 0 heterocycles. The van der Waals surface area contributed by atoms with Gasteiger partial charge in [0, 0.05) is 13.2 Å². The summed E-state index contributed by atoms with van der Waals surface area (Å²) in [5.41, 5.74) is 7.10. The smallest absolute Gasteiger partial charge is 0.236 e. The molecule has 2 atom stereocenters. The molecule has 4 heteroatoms. The minimum Gasteiger partial charge on any atom is -0.396 e. The van der Waals surface area contributed by atoms with Gasteiger partial charge in [0.2, 0.25) is 5.91 Å². The van der Waals surface area contributed by atoms with Crippen LogP contribution < -0.4 is 11.1 Å². The van der Waals surface area contributed by atoms with Gasteiger partial charge in [-0.05, 0) is 30.7 Å². The Kier molecular flexibility index (Phi) is 7.92. The van der Waals surface area contributed by atoms with Gasteiger partial charge in [-0.3, -0.25) is 4.79 Å². The van der Waals surface area contributed by atoms with Gasteiger partial charge in [0.25, 0.3) is 0 Å². The van der Waals surface area contributed by atoms with Gasteiger partial charge >= 0.3 is 0 Å². The zero-order valence-corrected chi connectivity index (χ0v) is 12.2. The molecule has 4 N–H and O–H groups in total. The van der Waals surface area contributed by atoms with Crippen LogP contribution in [0.15, 0.2) is 30.3 Å². The predicted molar refractivity (Wildman–Crippen MR) is 81.2 cm³/mol. The highest BCUT2D eigenvalue weighted by Crippen LogP contribution is 2.07. The number of aliphatic hydroxyl groups excluding tert-OH is 1. The minimum atomic E-state index is -0.471. The number of nitrogens with two attached hydrogens (primary N) is 1. The molecule has 20 heavy (non-hydrogen) atoms. The van der Waals surface area contributed by atoms with Gasteiger partial charge in [-0.25, -0.2) is 0 Å². The Morgan fingerprint density at radius 2 is 2.00 bits per heavy atom. The number of carbonyl (C=O) groups excluding carboxylic acids is 1. The fourth-order valence-electron chi connectivity index (χ4n) is 2.11. The maximum Gasteiger partial charge on any atom is 0.236 e. The van der Waals surface area contributed by atoms with Crippen molar-refractivity contribution in [3.63, 3.8) is 0 Å². The van der Waals surface area contributed by atoms with Crippen LogP contribution in [0, 0.1) is 5.92 Å². The Morgan fingerprint density at radius 1 is 1.30 bits per heavy atom. The summed E-state index contributed by atoms with van der Waals surface area (Å²) in [5.74, 6) is 0.225. The summed E-state index contributed by atoms with van der Waals surface area (Å²) in [5, 5.41) is 11.8. The number of amides is 1. The monoisotopic (exact) mass is 278 g/mol. The molecule has 0 spiro atoms. The molecule has 112 valence electrons. The molecule has 1 aromatic carbocycles. The van der Waals surface area contributed by atoms with E-state index < -0.39 is 6.04 Å². The molecule has 0 fully saturated rings. The Balaban J connectivity index is 2.28. The second-order valence-electron chi connectivity index (χ2n) is 5.16. The fraction of sp³-hybridized carbons (Fsp3) is 0.562. The lowest BCUT2D eigenvalue weighted by atomic mass is 10.0. The molecule has 4 nitrogen and oxygen atoms in total. The third-order valence-electron chi connectivity index (χ3n) is 3.60. The first-order valence-electron chi connectivity index (χ1n) is 7.35. The molecule has 1 amide bonds. The summed E-state index contributed by atoms with van der Waals surface area (Å²) in [4.78, 5) is 11.9. The third-order valence-corrected chi connectivity index (χ3v) is 3.60. The molecule has 0 radical (unpaired) electrons. The number of aliphatic hydroxyl groups is 1. The number of hydrogen-bond acceptors (Lipinski definition) is 3. The first-order valence-corrected chi connectivity index (χ1v) is 7.35. The van der Waals surface area contributed by atoms with E-state index in [9.17, 15) is 4.79 Å². The van der Waals surface area contributed by atoms with E-state index >= 15 is 0 Å². The van der Waals surface area contributed by atoms with Crippen LogP contribution in [-0.2, 0) is 11.2 Å². The van der Waals surface area contributed by atoms with Gasteiger partial charge in [-0.1, -0.05) is 43.7 Å². The Morgan fingerprint density at radius 3 is 2.60 bits per heavy atom. The summed E-state index contributed by atoms with van der Waals surface area (Å²) in [6.45, 7) is 2.81. The molecular weight excluding hydrogens is 252 g/mol. The van der Waals surface area contributed by atoms with Crippen molar-refractivity contribution < 1.29 is 9.90 Å². The van der Waals surface area contributed by atoms with Crippen LogP contribution in [0.25, 0.3) is 0 Å². The molecular formula is C16H26N2O2. The standard InChI is InChI=1S/C16H26N2O2/c1-2-13(10-11-19)12-18-16(20)15(17)9-8-14-6-4-3-5-7-14/h3-7,13,15,19H,2,8-12,17H2,1H3,(H,18,20). The average molecular weight is 278 g/mol. The van der Waals surface area contributed by atoms with Crippen molar-refractivity contribution in [2.75, 3.05) is 13.2 Å². The van der Waals surface area contributed by atoms with Crippen molar-refractivity contribution in [3.8, 4) is 0 Å². The Labute approximate surface area is 121 Å². The molecule has 0 aliphatic carbocycles. The predicted octanol–water partition coefficient (Wildman–Crippen LogP) is 1.47. The summed E-state index contributed by atoms with van der Waals surface area (Å²) < 4.78 is 0. The molecule has 0 aromatic heterocycles. The lowest BCUT2D eigenvalue weighted by Gasteiger charge is -2.17. The fourth-order valence-corrected chi connectivity index (χ4v) is 2.11. The van der Waals surface area contributed by atoms with Crippen molar-refractivity contribution in [1.29, 1.82) is 0 Å². The third kappa shape index (κ3) is 6.17. The van der Waals surface area contributed by atoms with E-state index in [1.54, 1.807) is 0 Å². The van der Waals surface area contributed by atoms with E-state index in [0.717, 1.165) is 19.3 Å². The minimum absolute atomic E-state index is 0.0997. The summed E-state index contributed by atoms with van der Waals surface area (Å²) in [6, 6.07) is 9.56. The highest BCUT2D eigenvalue weighted by Gasteiger charge is 2.14. The van der Waals surface area contributed by atoms with Gasteiger partial charge in [0.1, 0.15) is 0 Å². The number of carbonyl (C=O) groups is 1. The van der Waals surface area contributed by atoms with Gasteiger partial charge < -0.3 is 16.2 Å². The van der Waals surface area contributed by atoms with Crippen LogP contribution >= 0.6 is 0 Å². The normalized spacial score (nSPS) is 13.8. The van der Waals surface area contributed by atoms with E-state index in [0.29, 0.717) is 18.9 Å². The topological polar surface area (TPSA) is 75.3 Å². The van der Waals surface area contributed by atoms with Gasteiger partial charge in [0.15, 0.2) is 0 Å². The van der Waals surface area contributed by atoms with Gasteiger partial charge in [-0.2, -0.15) is 0 Å². The lowest BCUT2D eigenvalue weighted by molar-refractivity contribution is -0.122. The van der Waals surface area contributed by atoms with Crippen molar-refractivity contribution in [1.82, 2.24) is 5.32 Å². The average Bonchev–Trinajstić information content (AvgIpc) is 2.49. The second-order valence-corrected chi connectivity index (χ2v) is 5.16. The van der Waals surface area contributed by atoms with E-state index in [1.807, 2.05) is 30.3 Å². The quantitative estimate of drug-likeness (QED) is 0.640. The zero-order valence-electron chi connectivity index (χ0n) is 12.2. The maximum absolute atomic E-state index is 11.9. The highest BCUT2D eigenvalue weighted by atomic mass is 16.3. The lowest BCUT2D eigenvalue weighted by Crippen LogP contribution is -2.42. The summed E-state index contributed by atoms with van der Waals surface area (Å²) in [7, 11) is 0. The zero-order chi connectivity index (χ0) is 14.8. The molecule has 0 saturated heterocycles. The van der Waals surface area contributed by atoms with Crippen molar-refractivity contribution in [3.05, 3.63) is 35.9 Å². The van der Waals surface area contributed by atoms with Gasteiger partial charge in [-0.15, -0.1) is 0 Å². The van der Waals surface area contributed by atoms with Crippen molar-refractivity contribution in [2.45, 2.75) is 38.6 Å². The molecule has 1 aromatic rings. The van der Waals surface area contributed by atoms with Crippen LogP contribution in [0.2, 0.25) is 0 Å². The molecule has 1 rings (SSSR count). The van der Waals surface area contributed by atoms with Crippen LogP contribution in [0.5, 0.6) is 0 Å². The number of hydrogen-bond donors (Lipinski definition) is 3. The number of aryl methyl sites for hydroxylation is 1. The van der Waals surface area contributed by atoms with Crippen LogP contribution in [0.3, 0.4) is 0 Å².